The number of likely N-dealkylation sites (N-methyl/N-ethyl adjacent to an activating group) is 1. The number of hydrogen-bond donors (Lipinski definition) is 2. The minimum Gasteiger partial charge on any atom is -0.392 e. The van der Waals surface area contributed by atoms with Gasteiger partial charge in [-0.05, 0) is 36.5 Å². The van der Waals surface area contributed by atoms with Gasteiger partial charge in [-0.15, -0.1) is 17.9 Å². The van der Waals surface area contributed by atoms with E-state index in [2.05, 4.69) is 25.7 Å². The van der Waals surface area contributed by atoms with Crippen LogP contribution in [0.15, 0.2) is 12.7 Å². The fraction of sp³-hybridized carbons (Fsp3) is 0.714. The average molecular weight is 392 g/mol. The molecule has 0 aromatic carbocycles. The maximum Gasteiger partial charge on any atom is 0.225 e. The summed E-state index contributed by atoms with van der Waals surface area (Å²) >= 11 is 1.74. The second-order valence-electron chi connectivity index (χ2n) is 8.71. The molecule has 27 heavy (non-hydrogen) atoms. The van der Waals surface area contributed by atoms with E-state index in [0.29, 0.717) is 6.54 Å². The van der Waals surface area contributed by atoms with Gasteiger partial charge < -0.3 is 15.3 Å². The summed E-state index contributed by atoms with van der Waals surface area (Å²) in [5.74, 6) is 0.233. The van der Waals surface area contributed by atoms with Gasteiger partial charge in [0, 0.05) is 37.4 Å². The SMILES string of the molecule is C=CCN(C)C(=O)C(C)C1CCC2(C)Cc3sc(NC)nc3C(C)C2C1O. The molecule has 150 valence electrons. The molecular formula is C21H33N3O2S. The van der Waals surface area contributed by atoms with E-state index in [0.717, 1.165) is 30.1 Å². The lowest BCUT2D eigenvalue weighted by Gasteiger charge is -2.53. The van der Waals surface area contributed by atoms with Crippen LogP contribution in [0.3, 0.4) is 0 Å². The van der Waals surface area contributed by atoms with Crippen LogP contribution in [-0.4, -0.2) is 47.6 Å². The molecule has 6 atom stereocenters. The zero-order chi connectivity index (χ0) is 19.9. The van der Waals surface area contributed by atoms with Crippen LogP contribution in [0.25, 0.3) is 0 Å². The summed E-state index contributed by atoms with van der Waals surface area (Å²) in [6.07, 6.45) is 4.16. The molecule has 1 fully saturated rings. The van der Waals surface area contributed by atoms with Crippen LogP contribution in [0.2, 0.25) is 0 Å². The molecule has 6 unspecified atom stereocenters. The van der Waals surface area contributed by atoms with Gasteiger partial charge in [-0.3, -0.25) is 4.79 Å². The number of aliphatic hydroxyl groups excluding tert-OH is 1. The van der Waals surface area contributed by atoms with E-state index in [-0.39, 0.29) is 35.0 Å². The molecule has 6 heteroatoms. The van der Waals surface area contributed by atoms with Crippen LogP contribution >= 0.6 is 11.3 Å². The molecule has 1 aromatic rings. The Morgan fingerprint density at radius 3 is 2.93 bits per heavy atom. The molecule has 1 amide bonds. The molecule has 0 bridgehead atoms. The van der Waals surface area contributed by atoms with Gasteiger partial charge in [-0.1, -0.05) is 26.8 Å². The van der Waals surface area contributed by atoms with Crippen molar-refractivity contribution in [3.8, 4) is 0 Å². The summed E-state index contributed by atoms with van der Waals surface area (Å²) in [5, 5.41) is 15.5. The number of hydrogen-bond acceptors (Lipinski definition) is 5. The molecule has 0 radical (unpaired) electrons. The molecule has 2 aliphatic carbocycles. The predicted octanol–water partition coefficient (Wildman–Crippen LogP) is 3.52. The number of fused-ring (bicyclic) bond motifs is 2. The molecule has 0 saturated heterocycles. The van der Waals surface area contributed by atoms with E-state index in [4.69, 9.17) is 4.98 Å². The van der Waals surface area contributed by atoms with E-state index in [9.17, 15) is 9.90 Å². The van der Waals surface area contributed by atoms with Gasteiger partial charge in [0.25, 0.3) is 0 Å². The molecule has 1 aromatic heterocycles. The fourth-order valence-electron chi connectivity index (χ4n) is 5.47. The van der Waals surface area contributed by atoms with E-state index in [1.807, 2.05) is 21.0 Å². The molecule has 0 aliphatic heterocycles. The van der Waals surface area contributed by atoms with Crippen LogP contribution in [-0.2, 0) is 11.2 Å². The number of amides is 1. The van der Waals surface area contributed by atoms with Gasteiger partial charge in [0.2, 0.25) is 5.91 Å². The minimum atomic E-state index is -0.484. The number of aliphatic hydroxyl groups is 1. The Kier molecular flexibility index (Phi) is 5.69. The third kappa shape index (κ3) is 3.42. The first-order valence-corrected chi connectivity index (χ1v) is 10.8. The zero-order valence-corrected chi connectivity index (χ0v) is 18.0. The monoisotopic (exact) mass is 391 g/mol. The molecule has 2 aliphatic rings. The molecule has 1 saturated carbocycles. The number of nitrogens with zero attached hydrogens (tertiary/aromatic N) is 2. The van der Waals surface area contributed by atoms with E-state index < -0.39 is 6.10 Å². The van der Waals surface area contributed by atoms with Crippen molar-refractivity contribution in [2.75, 3.05) is 26.0 Å². The van der Waals surface area contributed by atoms with Crippen molar-refractivity contribution in [3.05, 3.63) is 23.2 Å². The van der Waals surface area contributed by atoms with E-state index in [1.54, 1.807) is 22.3 Å². The molecule has 0 spiro atoms. The molecule has 3 rings (SSSR count). The number of carbonyl (C=O) groups excluding carboxylic acids is 1. The topological polar surface area (TPSA) is 65.5 Å². The standard InChI is InChI=1S/C21H33N3O2S/c1-7-10-24(6)19(26)12(2)14-8-9-21(4)11-15-17(23-20(22-5)27-15)13(3)16(21)18(14)25/h7,12-14,16,18,25H,1,8-11H2,2-6H3,(H,22,23). The lowest BCUT2D eigenvalue weighted by molar-refractivity contribution is -0.143. The number of thiazole rings is 1. The Balaban J connectivity index is 1.86. The van der Waals surface area contributed by atoms with Crippen LogP contribution in [0.4, 0.5) is 5.13 Å². The van der Waals surface area contributed by atoms with Crippen LogP contribution < -0.4 is 5.32 Å². The minimum absolute atomic E-state index is 0.00533. The quantitative estimate of drug-likeness (QED) is 0.754. The highest BCUT2D eigenvalue weighted by Crippen LogP contribution is 2.57. The summed E-state index contributed by atoms with van der Waals surface area (Å²) < 4.78 is 0. The first-order chi connectivity index (χ1) is 12.7. The largest absolute Gasteiger partial charge is 0.392 e. The molecular weight excluding hydrogens is 358 g/mol. The smallest absolute Gasteiger partial charge is 0.225 e. The number of carbonyl (C=O) groups is 1. The Bertz CT molecular complexity index is 718. The Hall–Kier alpha value is -1.40. The first-order valence-electron chi connectivity index (χ1n) is 9.94. The molecule has 5 nitrogen and oxygen atoms in total. The van der Waals surface area contributed by atoms with Crippen molar-refractivity contribution in [3.63, 3.8) is 0 Å². The van der Waals surface area contributed by atoms with Gasteiger partial charge in [-0.2, -0.15) is 0 Å². The van der Waals surface area contributed by atoms with Crippen molar-refractivity contribution in [1.82, 2.24) is 9.88 Å². The van der Waals surface area contributed by atoms with Gasteiger partial charge in [0.05, 0.1) is 11.8 Å². The molecule has 1 heterocycles. The first kappa shape index (κ1) is 20.3. The van der Waals surface area contributed by atoms with Crippen molar-refractivity contribution in [2.45, 2.75) is 52.1 Å². The second-order valence-corrected chi connectivity index (χ2v) is 9.80. The summed E-state index contributed by atoms with van der Waals surface area (Å²) in [7, 11) is 3.71. The second kappa shape index (κ2) is 7.55. The number of rotatable bonds is 5. The zero-order valence-electron chi connectivity index (χ0n) is 17.2. The highest BCUT2D eigenvalue weighted by Gasteiger charge is 2.54. The lowest BCUT2D eigenvalue weighted by atomic mass is 9.53. The summed E-state index contributed by atoms with van der Waals surface area (Å²) in [4.78, 5) is 20.6. The fourth-order valence-corrected chi connectivity index (χ4v) is 6.69. The van der Waals surface area contributed by atoms with Crippen molar-refractivity contribution in [1.29, 1.82) is 0 Å². The van der Waals surface area contributed by atoms with E-state index in [1.165, 1.54) is 4.88 Å². The maximum absolute atomic E-state index is 12.8. The molecule has 2 N–H and O–H groups in total. The van der Waals surface area contributed by atoms with E-state index >= 15 is 0 Å². The summed E-state index contributed by atoms with van der Waals surface area (Å²) in [5.41, 5.74) is 1.20. The number of aromatic nitrogens is 1. The highest BCUT2D eigenvalue weighted by atomic mass is 32.1. The van der Waals surface area contributed by atoms with Gasteiger partial charge in [-0.25, -0.2) is 4.98 Å². The summed E-state index contributed by atoms with van der Waals surface area (Å²) in [6, 6.07) is 0. The van der Waals surface area contributed by atoms with Crippen LogP contribution in [0, 0.1) is 23.2 Å². The lowest BCUT2D eigenvalue weighted by Crippen LogP contribution is -2.53. The number of anilines is 1. The third-order valence-electron chi connectivity index (χ3n) is 6.95. The predicted molar refractivity (Wildman–Crippen MR) is 111 cm³/mol. The van der Waals surface area contributed by atoms with Gasteiger partial charge in [0.1, 0.15) is 0 Å². The van der Waals surface area contributed by atoms with Crippen molar-refractivity contribution < 1.29 is 9.90 Å². The Labute approximate surface area is 166 Å². The normalized spacial score (nSPS) is 33.6. The maximum atomic E-state index is 12.8. The average Bonchev–Trinajstić information content (AvgIpc) is 3.03. The third-order valence-corrected chi connectivity index (χ3v) is 8.04. The van der Waals surface area contributed by atoms with Gasteiger partial charge in [0.15, 0.2) is 5.13 Å². The Morgan fingerprint density at radius 2 is 2.30 bits per heavy atom. The van der Waals surface area contributed by atoms with Crippen LogP contribution in [0.5, 0.6) is 0 Å². The van der Waals surface area contributed by atoms with Crippen molar-refractivity contribution >= 4 is 22.4 Å². The Morgan fingerprint density at radius 1 is 1.59 bits per heavy atom. The number of nitrogens with one attached hydrogen (secondary N) is 1. The van der Waals surface area contributed by atoms with Gasteiger partial charge >= 0.3 is 0 Å². The van der Waals surface area contributed by atoms with Crippen LogP contribution in [0.1, 0.15) is 50.1 Å². The highest BCUT2D eigenvalue weighted by molar-refractivity contribution is 7.15. The summed E-state index contributed by atoms with van der Waals surface area (Å²) in [6.45, 7) is 10.7. The van der Waals surface area contributed by atoms with Crippen molar-refractivity contribution in [2.24, 2.45) is 23.2 Å².